The van der Waals surface area contributed by atoms with Crippen LogP contribution in [0.5, 0.6) is 0 Å². The molecule has 4 heteroatoms. The zero-order chi connectivity index (χ0) is 12.3. The van der Waals surface area contributed by atoms with Crippen LogP contribution in [0.3, 0.4) is 0 Å². The van der Waals surface area contributed by atoms with Gasteiger partial charge >= 0.3 is 0 Å². The maximum Gasteiger partial charge on any atom is 0.143 e. The van der Waals surface area contributed by atoms with Crippen molar-refractivity contribution in [1.82, 2.24) is 14.8 Å². The molecule has 0 aliphatic rings. The molecule has 0 saturated carbocycles. The molecule has 0 saturated heterocycles. The largest absolute Gasteiger partial charge is 0.315 e. The molecule has 0 aliphatic carbocycles. The molecule has 16 heavy (non-hydrogen) atoms. The normalized spacial score (nSPS) is 14.1. The third kappa shape index (κ3) is 3.06. The molecular formula is C12H22BrN3. The molecule has 0 N–H and O–H groups in total. The van der Waals surface area contributed by atoms with E-state index in [1.165, 1.54) is 0 Å². The lowest BCUT2D eigenvalue weighted by Gasteiger charge is -2.26. The van der Waals surface area contributed by atoms with E-state index >= 15 is 0 Å². The van der Waals surface area contributed by atoms with E-state index in [1.54, 1.807) is 0 Å². The monoisotopic (exact) mass is 287 g/mol. The number of rotatable bonds is 4. The van der Waals surface area contributed by atoms with Gasteiger partial charge in [0.15, 0.2) is 0 Å². The van der Waals surface area contributed by atoms with Crippen LogP contribution in [-0.2, 0) is 18.3 Å². The number of halogens is 1. The van der Waals surface area contributed by atoms with Crippen molar-refractivity contribution in [2.24, 2.45) is 11.3 Å². The van der Waals surface area contributed by atoms with E-state index in [0.29, 0.717) is 11.3 Å². The fourth-order valence-electron chi connectivity index (χ4n) is 1.57. The first-order valence-corrected chi connectivity index (χ1v) is 6.99. The Balaban J connectivity index is 2.85. The summed E-state index contributed by atoms with van der Waals surface area (Å²) < 4.78 is 2.21. The van der Waals surface area contributed by atoms with Gasteiger partial charge in [-0.15, -0.1) is 10.2 Å². The van der Waals surface area contributed by atoms with Crippen LogP contribution in [0.1, 0.15) is 46.3 Å². The minimum absolute atomic E-state index is 0.319. The van der Waals surface area contributed by atoms with Crippen molar-refractivity contribution < 1.29 is 0 Å². The average molecular weight is 288 g/mol. The van der Waals surface area contributed by atoms with Crippen LogP contribution in [0, 0.1) is 11.3 Å². The van der Waals surface area contributed by atoms with Crippen LogP contribution in [0.2, 0.25) is 0 Å². The first kappa shape index (κ1) is 13.7. The molecule has 0 fully saturated rings. The molecule has 0 radical (unpaired) electrons. The second kappa shape index (κ2) is 5.30. The molecule has 1 aromatic rings. The predicted molar refractivity (Wildman–Crippen MR) is 70.7 cm³/mol. The zero-order valence-electron chi connectivity index (χ0n) is 10.9. The topological polar surface area (TPSA) is 30.7 Å². The summed E-state index contributed by atoms with van der Waals surface area (Å²) in [6.45, 7) is 12.2. The Morgan fingerprint density at radius 3 is 2.25 bits per heavy atom. The van der Waals surface area contributed by atoms with E-state index in [1.807, 2.05) is 0 Å². The number of aromatic nitrogens is 3. The van der Waals surface area contributed by atoms with E-state index in [4.69, 9.17) is 0 Å². The highest BCUT2D eigenvalue weighted by atomic mass is 79.9. The molecule has 1 unspecified atom stereocenters. The highest BCUT2D eigenvalue weighted by molar-refractivity contribution is 9.08. The summed E-state index contributed by atoms with van der Waals surface area (Å²) in [5, 5.41) is 9.28. The molecule has 1 atom stereocenters. The first-order chi connectivity index (χ1) is 7.40. The van der Waals surface area contributed by atoms with E-state index < -0.39 is 0 Å². The Morgan fingerprint density at radius 1 is 1.25 bits per heavy atom. The van der Waals surface area contributed by atoms with E-state index in [2.05, 4.69) is 65.3 Å². The smallest absolute Gasteiger partial charge is 0.143 e. The summed E-state index contributed by atoms with van der Waals surface area (Å²) in [7, 11) is 0. The van der Waals surface area contributed by atoms with Gasteiger partial charge in [0, 0.05) is 13.0 Å². The Kier molecular flexibility index (Phi) is 4.53. The number of hydrogen-bond acceptors (Lipinski definition) is 2. The lowest BCUT2D eigenvalue weighted by molar-refractivity contribution is 0.254. The standard InChI is InChI=1S/C12H22BrN3/c1-6-16-10(14-15-11(16)8-13)7-9(2)12(3,4)5/h9H,6-8H2,1-5H3. The zero-order valence-corrected chi connectivity index (χ0v) is 12.5. The van der Waals surface area contributed by atoms with E-state index in [-0.39, 0.29) is 0 Å². The Labute approximate surface area is 107 Å². The van der Waals surface area contributed by atoms with Crippen molar-refractivity contribution in [3.8, 4) is 0 Å². The van der Waals surface area contributed by atoms with Crippen molar-refractivity contribution in [2.45, 2.75) is 52.9 Å². The lowest BCUT2D eigenvalue weighted by atomic mass is 9.80. The van der Waals surface area contributed by atoms with Crippen LogP contribution in [0.25, 0.3) is 0 Å². The summed E-state index contributed by atoms with van der Waals surface area (Å²) in [6, 6.07) is 0. The van der Waals surface area contributed by atoms with Crippen LogP contribution in [0.15, 0.2) is 0 Å². The third-order valence-electron chi connectivity index (χ3n) is 3.31. The van der Waals surface area contributed by atoms with Gasteiger partial charge < -0.3 is 4.57 Å². The number of alkyl halides is 1. The molecular weight excluding hydrogens is 266 g/mol. The van der Waals surface area contributed by atoms with Gasteiger partial charge in [0.05, 0.1) is 5.33 Å². The highest BCUT2D eigenvalue weighted by Gasteiger charge is 2.22. The van der Waals surface area contributed by atoms with Gasteiger partial charge in [0.25, 0.3) is 0 Å². The second-order valence-corrected chi connectivity index (χ2v) is 5.94. The van der Waals surface area contributed by atoms with Gasteiger partial charge in [-0.2, -0.15) is 0 Å². The van der Waals surface area contributed by atoms with Gasteiger partial charge in [0.2, 0.25) is 0 Å². The molecule has 1 rings (SSSR count). The van der Waals surface area contributed by atoms with Gasteiger partial charge in [-0.3, -0.25) is 0 Å². The quantitative estimate of drug-likeness (QED) is 0.795. The maximum atomic E-state index is 4.29. The molecule has 0 bridgehead atoms. The summed E-state index contributed by atoms with van der Waals surface area (Å²) in [5.74, 6) is 2.74. The first-order valence-electron chi connectivity index (χ1n) is 5.87. The van der Waals surface area contributed by atoms with Crippen LogP contribution in [0.4, 0.5) is 0 Å². The molecule has 0 aliphatic heterocycles. The van der Waals surface area contributed by atoms with Crippen molar-refractivity contribution in [3.63, 3.8) is 0 Å². The highest BCUT2D eigenvalue weighted by Crippen LogP contribution is 2.28. The molecule has 0 aromatic carbocycles. The fraction of sp³-hybridized carbons (Fsp3) is 0.833. The summed E-state index contributed by atoms with van der Waals surface area (Å²) in [6.07, 6.45) is 0.997. The van der Waals surface area contributed by atoms with E-state index in [9.17, 15) is 0 Å². The minimum Gasteiger partial charge on any atom is -0.315 e. The van der Waals surface area contributed by atoms with Crippen LogP contribution < -0.4 is 0 Å². The molecule has 92 valence electrons. The van der Waals surface area contributed by atoms with E-state index in [0.717, 1.165) is 29.9 Å². The number of hydrogen-bond donors (Lipinski definition) is 0. The molecule has 1 aromatic heterocycles. The Hall–Kier alpha value is -0.380. The predicted octanol–water partition coefficient (Wildman–Crippen LogP) is 3.42. The van der Waals surface area contributed by atoms with Gasteiger partial charge in [-0.1, -0.05) is 43.6 Å². The summed E-state index contributed by atoms with van der Waals surface area (Å²) in [5.41, 5.74) is 0.319. The van der Waals surface area contributed by atoms with Crippen molar-refractivity contribution >= 4 is 15.9 Å². The SMILES string of the molecule is CCn1c(CBr)nnc1CC(C)C(C)(C)C. The Morgan fingerprint density at radius 2 is 1.81 bits per heavy atom. The van der Waals surface area contributed by atoms with Crippen LogP contribution in [-0.4, -0.2) is 14.8 Å². The van der Waals surface area contributed by atoms with Gasteiger partial charge in [0.1, 0.15) is 11.6 Å². The summed E-state index contributed by atoms with van der Waals surface area (Å²) >= 11 is 3.44. The molecule has 3 nitrogen and oxygen atoms in total. The second-order valence-electron chi connectivity index (χ2n) is 5.38. The molecule has 0 spiro atoms. The lowest BCUT2D eigenvalue weighted by Crippen LogP contribution is -2.21. The van der Waals surface area contributed by atoms with Crippen molar-refractivity contribution in [3.05, 3.63) is 11.6 Å². The van der Waals surface area contributed by atoms with Crippen molar-refractivity contribution in [2.75, 3.05) is 0 Å². The molecule has 1 heterocycles. The maximum absolute atomic E-state index is 4.29. The number of nitrogens with zero attached hydrogens (tertiary/aromatic N) is 3. The summed E-state index contributed by atoms with van der Waals surface area (Å²) in [4.78, 5) is 0. The van der Waals surface area contributed by atoms with Crippen LogP contribution >= 0.6 is 15.9 Å². The fourth-order valence-corrected chi connectivity index (χ4v) is 1.98. The third-order valence-corrected chi connectivity index (χ3v) is 3.81. The molecule has 0 amide bonds. The van der Waals surface area contributed by atoms with Gasteiger partial charge in [-0.25, -0.2) is 0 Å². The van der Waals surface area contributed by atoms with Crippen molar-refractivity contribution in [1.29, 1.82) is 0 Å². The minimum atomic E-state index is 0.319. The average Bonchev–Trinajstić information content (AvgIpc) is 2.58. The van der Waals surface area contributed by atoms with Gasteiger partial charge in [-0.05, 0) is 18.3 Å². The Bertz CT molecular complexity index is 339.